The molecule has 1 amide bonds. The lowest BCUT2D eigenvalue weighted by molar-refractivity contribution is 0.0946. The van der Waals surface area contributed by atoms with Gasteiger partial charge < -0.3 is 5.32 Å². The molecule has 4 rings (SSSR count). The van der Waals surface area contributed by atoms with E-state index in [4.69, 9.17) is 11.6 Å². The number of amides is 1. The van der Waals surface area contributed by atoms with Crippen molar-refractivity contribution in [3.8, 4) is 16.9 Å². The second-order valence-corrected chi connectivity index (χ2v) is 6.83. The largest absolute Gasteiger partial charge is 0.349 e. The number of nitrogens with one attached hydrogen (secondary N) is 1. The molecule has 30 heavy (non-hydrogen) atoms. The van der Waals surface area contributed by atoms with E-state index in [0.29, 0.717) is 10.7 Å². The normalized spacial score (nSPS) is 10.7. The van der Waals surface area contributed by atoms with E-state index in [1.807, 2.05) is 42.5 Å². The molecule has 8 nitrogen and oxygen atoms in total. The molecule has 0 aliphatic carbocycles. The number of aromatic nitrogens is 5. The Morgan fingerprint density at radius 1 is 0.967 bits per heavy atom. The van der Waals surface area contributed by atoms with E-state index in [2.05, 4.69) is 20.6 Å². The number of rotatable bonds is 6. The smallest absolute Gasteiger partial charge is 0.273 e. The van der Waals surface area contributed by atoms with Crippen molar-refractivity contribution in [1.82, 2.24) is 30.1 Å². The maximum atomic E-state index is 12.3. The molecule has 0 fully saturated rings. The fraction of sp³-hybridized carbons (Fsp3) is 0.0952. The zero-order valence-corrected chi connectivity index (χ0v) is 16.5. The molecule has 0 spiro atoms. The SMILES string of the molecule is O=C(NCCn1nc(-c2ccc(Cl)cc2)ccc1=O)c1cnn(-c2ccccc2)n1. The predicted octanol–water partition coefficient (Wildman–Crippen LogP) is 2.57. The van der Waals surface area contributed by atoms with Gasteiger partial charge in [-0.25, -0.2) is 4.68 Å². The van der Waals surface area contributed by atoms with Gasteiger partial charge in [-0.1, -0.05) is 41.9 Å². The summed E-state index contributed by atoms with van der Waals surface area (Å²) in [5.41, 5.74) is 2.18. The molecule has 150 valence electrons. The maximum Gasteiger partial charge on any atom is 0.273 e. The van der Waals surface area contributed by atoms with Crippen molar-refractivity contribution in [2.45, 2.75) is 6.54 Å². The third-order valence-corrected chi connectivity index (χ3v) is 4.58. The topological polar surface area (TPSA) is 94.7 Å². The van der Waals surface area contributed by atoms with Gasteiger partial charge in [-0.2, -0.15) is 15.0 Å². The highest BCUT2D eigenvalue weighted by Crippen LogP contribution is 2.18. The lowest BCUT2D eigenvalue weighted by atomic mass is 10.1. The summed E-state index contributed by atoms with van der Waals surface area (Å²) >= 11 is 5.91. The van der Waals surface area contributed by atoms with Crippen LogP contribution in [0.5, 0.6) is 0 Å². The first-order valence-corrected chi connectivity index (χ1v) is 9.58. The minimum absolute atomic E-state index is 0.189. The summed E-state index contributed by atoms with van der Waals surface area (Å²) in [5.74, 6) is -0.376. The fourth-order valence-electron chi connectivity index (χ4n) is 2.80. The highest BCUT2D eigenvalue weighted by Gasteiger charge is 2.11. The van der Waals surface area contributed by atoms with Crippen LogP contribution in [0.2, 0.25) is 5.02 Å². The van der Waals surface area contributed by atoms with Crippen molar-refractivity contribution in [3.63, 3.8) is 0 Å². The highest BCUT2D eigenvalue weighted by atomic mass is 35.5. The van der Waals surface area contributed by atoms with Crippen LogP contribution >= 0.6 is 11.6 Å². The Bertz CT molecular complexity index is 1220. The third kappa shape index (κ3) is 4.44. The van der Waals surface area contributed by atoms with Crippen LogP contribution in [0, 0.1) is 0 Å². The Morgan fingerprint density at radius 3 is 2.50 bits per heavy atom. The summed E-state index contributed by atoms with van der Waals surface area (Å²) in [5, 5.41) is 16.0. The second kappa shape index (κ2) is 8.71. The molecule has 0 unspecified atom stereocenters. The van der Waals surface area contributed by atoms with Gasteiger partial charge in [0.25, 0.3) is 11.5 Å². The number of halogens is 1. The lowest BCUT2D eigenvalue weighted by Crippen LogP contribution is -2.32. The average Bonchev–Trinajstić information content (AvgIpc) is 3.27. The number of hydrogen-bond donors (Lipinski definition) is 1. The van der Waals surface area contributed by atoms with Gasteiger partial charge >= 0.3 is 0 Å². The van der Waals surface area contributed by atoms with Crippen LogP contribution in [0.4, 0.5) is 0 Å². The number of hydrogen-bond acceptors (Lipinski definition) is 5. The van der Waals surface area contributed by atoms with Crippen LogP contribution < -0.4 is 10.9 Å². The first kappa shape index (κ1) is 19.5. The molecule has 0 radical (unpaired) electrons. The summed E-state index contributed by atoms with van der Waals surface area (Å²) < 4.78 is 1.31. The zero-order valence-electron chi connectivity index (χ0n) is 15.8. The van der Waals surface area contributed by atoms with Gasteiger partial charge in [0.05, 0.1) is 24.1 Å². The second-order valence-electron chi connectivity index (χ2n) is 6.40. The molecule has 2 aromatic heterocycles. The molecule has 0 saturated heterocycles. The first-order valence-electron chi connectivity index (χ1n) is 9.20. The molecule has 2 aromatic carbocycles. The Labute approximate surface area is 176 Å². The fourth-order valence-corrected chi connectivity index (χ4v) is 2.93. The van der Waals surface area contributed by atoms with Gasteiger partial charge in [0.15, 0.2) is 5.69 Å². The van der Waals surface area contributed by atoms with E-state index < -0.39 is 0 Å². The molecular formula is C21H17ClN6O2. The molecule has 0 aliphatic rings. The third-order valence-electron chi connectivity index (χ3n) is 4.33. The quantitative estimate of drug-likeness (QED) is 0.517. The Morgan fingerprint density at radius 2 is 1.73 bits per heavy atom. The highest BCUT2D eigenvalue weighted by molar-refractivity contribution is 6.30. The summed E-state index contributed by atoms with van der Waals surface area (Å²) in [6.45, 7) is 0.437. The van der Waals surface area contributed by atoms with Crippen LogP contribution in [0.3, 0.4) is 0 Å². The van der Waals surface area contributed by atoms with Crippen molar-refractivity contribution >= 4 is 17.5 Å². The number of benzene rings is 2. The lowest BCUT2D eigenvalue weighted by Gasteiger charge is -2.08. The van der Waals surface area contributed by atoms with Crippen LogP contribution in [0.15, 0.2) is 77.7 Å². The van der Waals surface area contributed by atoms with Crippen LogP contribution in [0.25, 0.3) is 16.9 Å². The van der Waals surface area contributed by atoms with E-state index >= 15 is 0 Å². The zero-order chi connectivity index (χ0) is 20.9. The number of carbonyl (C=O) groups excluding carboxylic acids is 1. The molecule has 0 bridgehead atoms. The summed E-state index contributed by atoms with van der Waals surface area (Å²) in [6, 6.07) is 19.6. The molecule has 1 N–H and O–H groups in total. The van der Waals surface area contributed by atoms with E-state index in [0.717, 1.165) is 11.3 Å². The molecule has 0 saturated carbocycles. The van der Waals surface area contributed by atoms with Crippen molar-refractivity contribution in [1.29, 1.82) is 0 Å². The summed E-state index contributed by atoms with van der Waals surface area (Å²) in [7, 11) is 0. The average molecular weight is 421 g/mol. The predicted molar refractivity (Wildman–Crippen MR) is 113 cm³/mol. The first-order chi connectivity index (χ1) is 14.6. The van der Waals surface area contributed by atoms with E-state index in [-0.39, 0.29) is 30.2 Å². The minimum atomic E-state index is -0.376. The Balaban J connectivity index is 1.40. The monoisotopic (exact) mass is 420 g/mol. The van der Waals surface area contributed by atoms with Crippen LogP contribution in [0.1, 0.15) is 10.5 Å². The summed E-state index contributed by atoms with van der Waals surface area (Å²) in [4.78, 5) is 25.8. The van der Waals surface area contributed by atoms with Crippen molar-refractivity contribution in [3.05, 3.63) is 94.0 Å². The van der Waals surface area contributed by atoms with Crippen molar-refractivity contribution < 1.29 is 4.79 Å². The minimum Gasteiger partial charge on any atom is -0.349 e. The van der Waals surface area contributed by atoms with E-state index in [9.17, 15) is 9.59 Å². The Hall–Kier alpha value is -3.78. The van der Waals surface area contributed by atoms with Gasteiger partial charge in [-0.3, -0.25) is 9.59 Å². The van der Waals surface area contributed by atoms with Crippen molar-refractivity contribution in [2.24, 2.45) is 0 Å². The number of nitrogens with zero attached hydrogens (tertiary/aromatic N) is 5. The Kier molecular flexibility index (Phi) is 5.67. The molecule has 9 heteroatoms. The van der Waals surface area contributed by atoms with Crippen molar-refractivity contribution in [2.75, 3.05) is 6.54 Å². The number of para-hydroxylation sites is 1. The maximum absolute atomic E-state index is 12.3. The van der Waals surface area contributed by atoms with Crippen LogP contribution in [-0.2, 0) is 6.54 Å². The van der Waals surface area contributed by atoms with E-state index in [1.54, 1.807) is 18.2 Å². The van der Waals surface area contributed by atoms with Gasteiger partial charge in [0, 0.05) is 23.2 Å². The summed E-state index contributed by atoms with van der Waals surface area (Å²) in [6.07, 6.45) is 1.40. The standard InChI is InChI=1S/C21H17ClN6O2/c22-16-8-6-15(7-9-16)18-10-11-20(29)27(25-18)13-12-23-21(30)19-14-24-28(26-19)17-4-2-1-3-5-17/h1-11,14H,12-13H2,(H,23,30). The molecule has 2 heterocycles. The molecule has 0 aliphatic heterocycles. The molecule has 0 atom stereocenters. The van der Waals surface area contributed by atoms with Gasteiger partial charge in [-0.05, 0) is 30.3 Å². The molecular weight excluding hydrogens is 404 g/mol. The van der Waals surface area contributed by atoms with Crippen LogP contribution in [-0.4, -0.2) is 37.2 Å². The van der Waals surface area contributed by atoms with E-state index in [1.165, 1.54) is 21.7 Å². The van der Waals surface area contributed by atoms with Gasteiger partial charge in [-0.15, -0.1) is 5.10 Å². The van der Waals surface area contributed by atoms with Gasteiger partial charge in [0.1, 0.15) is 0 Å². The molecule has 4 aromatic rings. The van der Waals surface area contributed by atoms with Gasteiger partial charge in [0.2, 0.25) is 0 Å². The number of carbonyl (C=O) groups is 1.